The number of ketones is 1. The molecule has 1 aliphatic heterocycles. The second kappa shape index (κ2) is 7.95. The van der Waals surface area contributed by atoms with Crippen LogP contribution >= 0.6 is 15.9 Å². The quantitative estimate of drug-likeness (QED) is 0.657. The third-order valence-corrected chi connectivity index (χ3v) is 8.30. The third-order valence-electron chi connectivity index (χ3n) is 5.88. The van der Waals surface area contributed by atoms with E-state index in [1.54, 1.807) is 24.3 Å². The zero-order chi connectivity index (χ0) is 20.8. The van der Waals surface area contributed by atoms with E-state index in [2.05, 4.69) is 15.9 Å². The highest BCUT2D eigenvalue weighted by atomic mass is 79.9. The molecule has 2 aromatic carbocycles. The summed E-state index contributed by atoms with van der Waals surface area (Å²) in [5.41, 5.74) is 2.66. The molecule has 0 saturated carbocycles. The molecule has 1 heterocycles. The highest BCUT2D eigenvalue weighted by Crippen LogP contribution is 2.38. The molecule has 0 amide bonds. The van der Waals surface area contributed by atoms with E-state index in [0.717, 1.165) is 22.0 Å². The first-order chi connectivity index (χ1) is 13.8. The topological polar surface area (TPSA) is 63.7 Å². The van der Waals surface area contributed by atoms with E-state index < -0.39 is 22.2 Å². The van der Waals surface area contributed by atoms with Crippen LogP contribution in [0.2, 0.25) is 0 Å². The minimum atomic E-state index is -3.78. The van der Waals surface area contributed by atoms with Crippen LogP contribution in [0.25, 0.3) is 0 Å². The van der Waals surface area contributed by atoms with Gasteiger partial charge in [-0.25, -0.2) is 8.42 Å². The number of carbonyl (C=O) groups excluding carboxylic acids is 1. The molecule has 7 heteroatoms. The van der Waals surface area contributed by atoms with Crippen molar-refractivity contribution in [3.8, 4) is 0 Å². The molecular formula is C22H24BrNO4S. The summed E-state index contributed by atoms with van der Waals surface area (Å²) in [5.74, 6) is -0.549. The summed E-state index contributed by atoms with van der Waals surface area (Å²) >= 11 is 3.43. The zero-order valence-corrected chi connectivity index (χ0v) is 18.9. The number of ether oxygens (including phenoxy) is 1. The predicted octanol–water partition coefficient (Wildman–Crippen LogP) is 4.33. The summed E-state index contributed by atoms with van der Waals surface area (Å²) in [5, 5.41) is 0. The van der Waals surface area contributed by atoms with Gasteiger partial charge in [0.05, 0.1) is 23.5 Å². The number of aryl methyl sites for hydroxylation is 2. The molecule has 1 fully saturated rings. The highest BCUT2D eigenvalue weighted by Gasteiger charge is 2.49. The molecule has 154 valence electrons. The van der Waals surface area contributed by atoms with Crippen molar-refractivity contribution in [2.45, 2.75) is 50.3 Å². The number of hydrogen-bond acceptors (Lipinski definition) is 4. The molecule has 1 saturated heterocycles. The van der Waals surface area contributed by atoms with Gasteiger partial charge in [0.15, 0.2) is 5.78 Å². The monoisotopic (exact) mass is 477 g/mol. The first-order valence-corrected chi connectivity index (χ1v) is 12.1. The van der Waals surface area contributed by atoms with Gasteiger partial charge >= 0.3 is 0 Å². The van der Waals surface area contributed by atoms with Crippen molar-refractivity contribution < 1.29 is 17.9 Å². The summed E-state index contributed by atoms with van der Waals surface area (Å²) in [6.07, 6.45) is 1.17. The molecule has 0 spiro atoms. The van der Waals surface area contributed by atoms with Gasteiger partial charge in [-0.3, -0.25) is 4.79 Å². The number of fused-ring (bicyclic) bond motifs is 1. The second-order valence-electron chi connectivity index (χ2n) is 7.74. The second-order valence-corrected chi connectivity index (χ2v) is 10.5. The van der Waals surface area contributed by atoms with Crippen molar-refractivity contribution in [1.29, 1.82) is 0 Å². The number of benzene rings is 2. The molecular weight excluding hydrogens is 454 g/mol. The number of rotatable bonds is 4. The molecule has 0 unspecified atom stereocenters. The van der Waals surface area contributed by atoms with Gasteiger partial charge in [0.1, 0.15) is 6.23 Å². The Hall–Kier alpha value is -1.54. The van der Waals surface area contributed by atoms with Crippen LogP contribution in [-0.4, -0.2) is 37.4 Å². The lowest BCUT2D eigenvalue weighted by Gasteiger charge is -2.33. The molecule has 29 heavy (non-hydrogen) atoms. The van der Waals surface area contributed by atoms with Gasteiger partial charge in [0.25, 0.3) is 0 Å². The number of nitrogens with zero attached hydrogens (tertiary/aromatic N) is 1. The lowest BCUT2D eigenvalue weighted by atomic mass is 9.82. The number of sulfonamides is 1. The molecule has 2 aliphatic rings. The number of Topliss-reactive ketones (excluding diaryl/α,β-unsaturated/α-hetero) is 1. The minimum absolute atomic E-state index is 0.0431. The normalized spacial score (nSPS) is 25.2. The highest BCUT2D eigenvalue weighted by molar-refractivity contribution is 9.10. The number of halogens is 1. The zero-order valence-electron chi connectivity index (χ0n) is 16.5. The smallest absolute Gasteiger partial charge is 0.245 e. The Morgan fingerprint density at radius 3 is 2.59 bits per heavy atom. The summed E-state index contributed by atoms with van der Waals surface area (Å²) in [7, 11) is -3.78. The average Bonchev–Trinajstić information content (AvgIpc) is 3.14. The van der Waals surface area contributed by atoms with Crippen LogP contribution in [0.5, 0.6) is 0 Å². The van der Waals surface area contributed by atoms with E-state index in [9.17, 15) is 13.2 Å². The lowest BCUT2D eigenvalue weighted by Crippen LogP contribution is -2.48. The van der Waals surface area contributed by atoms with Gasteiger partial charge in [-0.2, -0.15) is 4.31 Å². The fraction of sp³-hybridized carbons (Fsp3) is 0.409. The third kappa shape index (κ3) is 3.69. The van der Waals surface area contributed by atoms with Crippen molar-refractivity contribution in [2.75, 3.05) is 6.61 Å². The molecule has 2 aromatic rings. The molecule has 5 nitrogen and oxygen atoms in total. The lowest BCUT2D eigenvalue weighted by molar-refractivity contribution is 0.0157. The Morgan fingerprint density at radius 1 is 1.17 bits per heavy atom. The Morgan fingerprint density at radius 2 is 1.90 bits per heavy atom. The van der Waals surface area contributed by atoms with Crippen molar-refractivity contribution in [1.82, 2.24) is 4.31 Å². The summed E-state index contributed by atoms with van der Waals surface area (Å²) in [6.45, 7) is 4.17. The Balaban J connectivity index is 1.71. The van der Waals surface area contributed by atoms with Crippen LogP contribution in [0, 0.1) is 12.8 Å². The van der Waals surface area contributed by atoms with Crippen LogP contribution < -0.4 is 0 Å². The van der Waals surface area contributed by atoms with Gasteiger partial charge < -0.3 is 4.74 Å². The maximum Gasteiger partial charge on any atom is 0.245 e. The van der Waals surface area contributed by atoms with E-state index in [1.165, 1.54) is 4.31 Å². The minimum Gasteiger partial charge on any atom is -0.360 e. The van der Waals surface area contributed by atoms with Gasteiger partial charge in [-0.05, 0) is 56.0 Å². The fourth-order valence-electron chi connectivity index (χ4n) is 4.23. The predicted molar refractivity (Wildman–Crippen MR) is 114 cm³/mol. The van der Waals surface area contributed by atoms with Gasteiger partial charge in [0.2, 0.25) is 10.0 Å². The van der Waals surface area contributed by atoms with Gasteiger partial charge in [-0.15, -0.1) is 0 Å². The summed E-state index contributed by atoms with van der Waals surface area (Å²) < 4.78 is 35.3. The summed E-state index contributed by atoms with van der Waals surface area (Å²) in [6, 6.07) is 12.3. The number of carbonyl (C=O) groups is 1. The largest absolute Gasteiger partial charge is 0.360 e. The van der Waals surface area contributed by atoms with E-state index in [4.69, 9.17) is 4.74 Å². The Bertz CT molecular complexity index is 1040. The SMILES string of the molecule is CC[C@@H]1CO[C@H]([C@@H]2CCc3ccc(Br)cc3C2=O)N1S(=O)(=O)c1ccc(C)cc1. The first kappa shape index (κ1) is 20.7. The maximum atomic E-state index is 13.5. The van der Waals surface area contributed by atoms with Gasteiger partial charge in [0, 0.05) is 10.0 Å². The maximum absolute atomic E-state index is 13.5. The van der Waals surface area contributed by atoms with E-state index >= 15 is 0 Å². The van der Waals surface area contributed by atoms with Crippen LogP contribution in [0.3, 0.4) is 0 Å². The van der Waals surface area contributed by atoms with Crippen LogP contribution in [0.4, 0.5) is 0 Å². The summed E-state index contributed by atoms with van der Waals surface area (Å²) in [4.78, 5) is 13.5. The molecule has 0 radical (unpaired) electrons. The van der Waals surface area contributed by atoms with E-state index in [1.807, 2.05) is 32.0 Å². The Kier molecular flexibility index (Phi) is 5.68. The first-order valence-electron chi connectivity index (χ1n) is 9.87. The standard InChI is InChI=1S/C22H24BrNO4S/c1-3-17-13-28-22(24(17)29(26,27)18-9-4-14(2)5-10-18)19-11-7-15-6-8-16(23)12-20(15)21(19)25/h4-6,8-10,12,17,19,22H,3,7,11,13H2,1-2H3/t17-,19-,22-/m1/s1. The van der Waals surface area contributed by atoms with Crippen molar-refractivity contribution in [3.63, 3.8) is 0 Å². The average molecular weight is 478 g/mol. The van der Waals surface area contributed by atoms with E-state index in [-0.39, 0.29) is 16.7 Å². The van der Waals surface area contributed by atoms with Crippen LogP contribution in [0.15, 0.2) is 51.8 Å². The van der Waals surface area contributed by atoms with Crippen LogP contribution in [0.1, 0.15) is 41.3 Å². The molecule has 4 rings (SSSR count). The molecule has 3 atom stereocenters. The molecule has 0 aromatic heterocycles. The van der Waals surface area contributed by atoms with Crippen molar-refractivity contribution in [2.24, 2.45) is 5.92 Å². The molecule has 0 bridgehead atoms. The molecule has 1 aliphatic carbocycles. The van der Waals surface area contributed by atoms with Crippen molar-refractivity contribution in [3.05, 3.63) is 63.6 Å². The Labute approximate surface area is 180 Å². The van der Waals surface area contributed by atoms with E-state index in [0.29, 0.717) is 25.0 Å². The van der Waals surface area contributed by atoms with Gasteiger partial charge in [-0.1, -0.05) is 46.6 Å². The molecule has 0 N–H and O–H groups in total. The fourth-order valence-corrected chi connectivity index (χ4v) is 6.40. The van der Waals surface area contributed by atoms with Crippen molar-refractivity contribution >= 4 is 31.7 Å². The number of hydrogen-bond donors (Lipinski definition) is 0. The van der Waals surface area contributed by atoms with Crippen LogP contribution in [-0.2, 0) is 21.2 Å².